The first-order valence-corrected chi connectivity index (χ1v) is 8.48. The van der Waals surface area contributed by atoms with Crippen LogP contribution in [0.3, 0.4) is 0 Å². The van der Waals surface area contributed by atoms with Crippen LogP contribution < -0.4 is 10.5 Å². The Bertz CT molecular complexity index is 566. The molecular formula is C14H22N2O4S. The van der Waals surface area contributed by atoms with Crippen LogP contribution in [0.2, 0.25) is 0 Å². The van der Waals surface area contributed by atoms with Crippen molar-refractivity contribution in [3.63, 3.8) is 0 Å². The molecule has 0 aliphatic carbocycles. The highest BCUT2D eigenvalue weighted by molar-refractivity contribution is 7.89. The Kier molecular flexibility index (Phi) is 5.58. The van der Waals surface area contributed by atoms with Crippen molar-refractivity contribution in [2.75, 3.05) is 40.0 Å². The summed E-state index contributed by atoms with van der Waals surface area (Å²) in [6.45, 7) is 2.29. The van der Waals surface area contributed by atoms with Crippen molar-refractivity contribution in [3.05, 3.63) is 23.8 Å². The van der Waals surface area contributed by atoms with Gasteiger partial charge < -0.3 is 15.2 Å². The minimum atomic E-state index is -3.52. The zero-order valence-corrected chi connectivity index (χ0v) is 13.1. The Labute approximate surface area is 125 Å². The summed E-state index contributed by atoms with van der Waals surface area (Å²) >= 11 is 0. The largest absolute Gasteiger partial charge is 0.497 e. The molecule has 2 N–H and O–H groups in total. The smallest absolute Gasteiger partial charge is 0.243 e. The third-order valence-corrected chi connectivity index (χ3v) is 5.48. The van der Waals surface area contributed by atoms with Gasteiger partial charge in [0.25, 0.3) is 0 Å². The molecule has 1 aromatic carbocycles. The second-order valence-electron chi connectivity index (χ2n) is 4.88. The number of benzene rings is 1. The molecule has 21 heavy (non-hydrogen) atoms. The number of sulfonamides is 1. The fourth-order valence-corrected chi connectivity index (χ4v) is 4.08. The van der Waals surface area contributed by atoms with Crippen LogP contribution in [0.25, 0.3) is 0 Å². The molecule has 0 bridgehead atoms. The molecule has 1 heterocycles. The highest BCUT2D eigenvalue weighted by atomic mass is 32.2. The Hall–Kier alpha value is -1.15. The molecule has 0 spiro atoms. The molecule has 0 saturated carbocycles. The minimum Gasteiger partial charge on any atom is -0.497 e. The average molecular weight is 314 g/mol. The van der Waals surface area contributed by atoms with Crippen molar-refractivity contribution in [1.82, 2.24) is 4.31 Å². The zero-order chi connectivity index (χ0) is 15.3. The highest BCUT2D eigenvalue weighted by Gasteiger charge is 2.27. The van der Waals surface area contributed by atoms with Crippen LogP contribution in [-0.4, -0.2) is 52.7 Å². The monoisotopic (exact) mass is 314 g/mol. The summed E-state index contributed by atoms with van der Waals surface area (Å²) in [5, 5.41) is 0. The maximum absolute atomic E-state index is 12.8. The van der Waals surface area contributed by atoms with E-state index < -0.39 is 10.0 Å². The molecule has 0 aromatic heterocycles. The van der Waals surface area contributed by atoms with E-state index in [2.05, 4.69) is 0 Å². The van der Waals surface area contributed by atoms with Gasteiger partial charge in [-0.25, -0.2) is 8.42 Å². The number of hydrogen-bond donors (Lipinski definition) is 1. The lowest BCUT2D eigenvalue weighted by Gasteiger charge is -2.21. The SMILES string of the molecule is COc1ccc(S(=O)(=O)N2CCCOCC2)c(CCN)c1. The van der Waals surface area contributed by atoms with Gasteiger partial charge in [0.2, 0.25) is 10.0 Å². The van der Waals surface area contributed by atoms with Crippen LogP contribution in [0.4, 0.5) is 0 Å². The lowest BCUT2D eigenvalue weighted by atomic mass is 10.1. The number of hydrogen-bond acceptors (Lipinski definition) is 5. The van der Waals surface area contributed by atoms with Gasteiger partial charge in [0, 0.05) is 19.7 Å². The fraction of sp³-hybridized carbons (Fsp3) is 0.571. The second-order valence-corrected chi connectivity index (χ2v) is 6.79. The number of nitrogens with two attached hydrogens (primary N) is 1. The molecular weight excluding hydrogens is 292 g/mol. The van der Waals surface area contributed by atoms with Crippen LogP contribution in [-0.2, 0) is 21.2 Å². The van der Waals surface area contributed by atoms with E-state index in [1.54, 1.807) is 25.3 Å². The van der Waals surface area contributed by atoms with E-state index in [0.29, 0.717) is 61.9 Å². The molecule has 1 aromatic rings. The number of nitrogens with zero attached hydrogens (tertiary/aromatic N) is 1. The van der Waals surface area contributed by atoms with E-state index in [0.717, 1.165) is 0 Å². The molecule has 0 radical (unpaired) electrons. The summed E-state index contributed by atoms with van der Waals surface area (Å²) in [5.41, 5.74) is 6.29. The summed E-state index contributed by atoms with van der Waals surface area (Å²) in [6, 6.07) is 5.01. The molecule has 0 amide bonds. The van der Waals surface area contributed by atoms with Crippen LogP contribution in [0, 0.1) is 0 Å². The van der Waals surface area contributed by atoms with Gasteiger partial charge >= 0.3 is 0 Å². The van der Waals surface area contributed by atoms with Gasteiger partial charge in [-0.2, -0.15) is 4.31 Å². The topological polar surface area (TPSA) is 81.9 Å². The molecule has 118 valence electrons. The second kappa shape index (κ2) is 7.22. The normalized spacial score (nSPS) is 17.4. The molecule has 1 fully saturated rings. The average Bonchev–Trinajstić information content (AvgIpc) is 2.77. The Morgan fingerprint density at radius 1 is 1.33 bits per heavy atom. The molecule has 1 saturated heterocycles. The number of rotatable bonds is 5. The van der Waals surface area contributed by atoms with Crippen molar-refractivity contribution < 1.29 is 17.9 Å². The van der Waals surface area contributed by atoms with E-state index in [4.69, 9.17) is 15.2 Å². The predicted octanol–water partition coefficient (Wildman–Crippen LogP) is 0.607. The summed E-state index contributed by atoms with van der Waals surface area (Å²) in [7, 11) is -1.96. The Morgan fingerprint density at radius 2 is 2.14 bits per heavy atom. The van der Waals surface area contributed by atoms with Crippen molar-refractivity contribution >= 4 is 10.0 Å². The van der Waals surface area contributed by atoms with Crippen molar-refractivity contribution in [3.8, 4) is 5.75 Å². The van der Waals surface area contributed by atoms with Gasteiger partial charge in [0.05, 0.1) is 18.6 Å². The summed E-state index contributed by atoms with van der Waals surface area (Å²) in [5.74, 6) is 0.636. The van der Waals surface area contributed by atoms with Crippen molar-refractivity contribution in [1.29, 1.82) is 0 Å². The van der Waals surface area contributed by atoms with E-state index in [-0.39, 0.29) is 0 Å². The highest BCUT2D eigenvalue weighted by Crippen LogP contribution is 2.25. The van der Waals surface area contributed by atoms with Gasteiger partial charge in [-0.05, 0) is 43.1 Å². The lowest BCUT2D eigenvalue weighted by molar-refractivity contribution is 0.148. The van der Waals surface area contributed by atoms with Crippen molar-refractivity contribution in [2.24, 2.45) is 5.73 Å². The van der Waals surface area contributed by atoms with Gasteiger partial charge in [0.1, 0.15) is 5.75 Å². The van der Waals surface area contributed by atoms with E-state index in [1.807, 2.05) is 0 Å². The number of methoxy groups -OCH3 is 1. The molecule has 2 rings (SSSR count). The van der Waals surface area contributed by atoms with E-state index in [9.17, 15) is 8.42 Å². The maximum Gasteiger partial charge on any atom is 0.243 e. The summed E-state index contributed by atoms with van der Waals surface area (Å²) in [6.07, 6.45) is 1.21. The lowest BCUT2D eigenvalue weighted by Crippen LogP contribution is -2.34. The first kappa shape index (κ1) is 16.2. The van der Waals surface area contributed by atoms with Gasteiger partial charge in [-0.3, -0.25) is 0 Å². The first-order valence-electron chi connectivity index (χ1n) is 7.04. The molecule has 1 aliphatic rings. The first-order chi connectivity index (χ1) is 10.1. The number of ether oxygens (including phenoxy) is 2. The maximum atomic E-state index is 12.8. The zero-order valence-electron chi connectivity index (χ0n) is 12.2. The Morgan fingerprint density at radius 3 is 2.86 bits per heavy atom. The van der Waals surface area contributed by atoms with E-state index >= 15 is 0 Å². The summed E-state index contributed by atoms with van der Waals surface area (Å²) in [4.78, 5) is 0.315. The van der Waals surface area contributed by atoms with Crippen LogP contribution >= 0.6 is 0 Å². The fourth-order valence-electron chi connectivity index (χ4n) is 2.39. The quantitative estimate of drug-likeness (QED) is 0.861. The van der Waals surface area contributed by atoms with Crippen LogP contribution in [0.15, 0.2) is 23.1 Å². The predicted molar refractivity (Wildman–Crippen MR) is 79.9 cm³/mol. The third-order valence-electron chi connectivity index (χ3n) is 3.48. The van der Waals surface area contributed by atoms with Crippen molar-refractivity contribution in [2.45, 2.75) is 17.7 Å². The summed E-state index contributed by atoms with van der Waals surface area (Å²) < 4.78 is 37.6. The van der Waals surface area contributed by atoms with E-state index in [1.165, 1.54) is 4.31 Å². The van der Waals surface area contributed by atoms with Gasteiger partial charge in [0.15, 0.2) is 0 Å². The molecule has 0 atom stereocenters. The molecule has 0 unspecified atom stereocenters. The van der Waals surface area contributed by atoms with Gasteiger partial charge in [-0.1, -0.05) is 0 Å². The Balaban J connectivity index is 2.37. The molecule has 7 heteroatoms. The van der Waals surface area contributed by atoms with Crippen LogP contribution in [0.5, 0.6) is 5.75 Å². The third kappa shape index (κ3) is 3.74. The molecule has 6 nitrogen and oxygen atoms in total. The van der Waals surface area contributed by atoms with Gasteiger partial charge in [-0.15, -0.1) is 0 Å². The van der Waals surface area contributed by atoms with Crippen LogP contribution in [0.1, 0.15) is 12.0 Å². The molecule has 1 aliphatic heterocycles. The minimum absolute atomic E-state index is 0.315. The standard InChI is InChI=1S/C14H22N2O4S/c1-19-13-3-4-14(12(11-13)5-6-15)21(17,18)16-7-2-9-20-10-8-16/h3-4,11H,2,5-10,15H2,1H3.